The van der Waals surface area contributed by atoms with Gasteiger partial charge in [0.25, 0.3) is 15.2 Å². The van der Waals surface area contributed by atoms with Crippen molar-refractivity contribution < 1.29 is 13.2 Å². The van der Waals surface area contributed by atoms with Gasteiger partial charge in [0, 0.05) is 6.54 Å². The van der Waals surface area contributed by atoms with E-state index in [1.807, 2.05) is 20.8 Å². The molecule has 1 aromatic rings. The van der Waals surface area contributed by atoms with Gasteiger partial charge in [0.15, 0.2) is 5.82 Å². The summed E-state index contributed by atoms with van der Waals surface area (Å²) >= 11 is 0. The molecule has 0 radical (unpaired) electrons. The Morgan fingerprint density at radius 2 is 2.06 bits per heavy atom. The van der Waals surface area contributed by atoms with Crippen molar-refractivity contribution in [3.8, 4) is 0 Å². The molecule has 0 aliphatic carbocycles. The van der Waals surface area contributed by atoms with E-state index in [0.717, 1.165) is 6.42 Å². The van der Waals surface area contributed by atoms with Crippen LogP contribution in [-0.2, 0) is 27.9 Å². The lowest BCUT2D eigenvalue weighted by Gasteiger charge is -2.09. The number of nitrogens with two attached hydrogens (primary N) is 1. The minimum Gasteiger partial charge on any atom is -0.371 e. The molecule has 1 rings (SSSR count). The number of rotatable bonds is 6. The Bertz CT molecular complexity index is 467. The van der Waals surface area contributed by atoms with Gasteiger partial charge in [-0.15, -0.1) is 10.2 Å². The molecule has 0 atom stereocenters. The maximum absolute atomic E-state index is 11.3. The van der Waals surface area contributed by atoms with Crippen molar-refractivity contribution in [2.45, 2.75) is 51.6 Å². The summed E-state index contributed by atoms with van der Waals surface area (Å²) in [7, 11) is -3.84. The lowest BCUT2D eigenvalue weighted by Crippen LogP contribution is -2.20. The Kier molecular flexibility index (Phi) is 4.61. The molecule has 0 saturated carbocycles. The summed E-state index contributed by atoms with van der Waals surface area (Å²) in [5, 5.41) is 12.3. The monoisotopic (exact) mass is 262 g/mol. The molecule has 0 saturated heterocycles. The Morgan fingerprint density at radius 3 is 2.53 bits per heavy atom. The Balaban J connectivity index is 3.02. The summed E-state index contributed by atoms with van der Waals surface area (Å²) in [6.45, 7) is 6.43. The highest BCUT2D eigenvalue weighted by atomic mass is 32.2. The van der Waals surface area contributed by atoms with Gasteiger partial charge in [-0.05, 0) is 20.3 Å². The predicted molar refractivity (Wildman–Crippen MR) is 61.6 cm³/mol. The average Bonchev–Trinajstić information content (AvgIpc) is 2.58. The second-order valence-electron chi connectivity index (χ2n) is 3.96. The maximum atomic E-state index is 11.3. The van der Waals surface area contributed by atoms with Crippen molar-refractivity contribution in [1.82, 2.24) is 14.8 Å². The molecular weight excluding hydrogens is 244 g/mol. The first-order valence-electron chi connectivity index (χ1n) is 5.42. The summed E-state index contributed by atoms with van der Waals surface area (Å²) < 4.78 is 29.5. The zero-order valence-corrected chi connectivity index (χ0v) is 11.1. The highest BCUT2D eigenvalue weighted by Gasteiger charge is 2.20. The van der Waals surface area contributed by atoms with Gasteiger partial charge in [-0.3, -0.25) is 4.57 Å². The third-order valence-electron chi connectivity index (χ3n) is 2.04. The highest BCUT2D eigenvalue weighted by Crippen LogP contribution is 2.10. The van der Waals surface area contributed by atoms with Gasteiger partial charge in [-0.1, -0.05) is 6.92 Å². The van der Waals surface area contributed by atoms with Crippen molar-refractivity contribution in [1.29, 1.82) is 0 Å². The molecule has 1 aromatic heterocycles. The molecule has 17 heavy (non-hydrogen) atoms. The van der Waals surface area contributed by atoms with E-state index < -0.39 is 10.0 Å². The van der Waals surface area contributed by atoms with Crippen LogP contribution in [0.5, 0.6) is 0 Å². The van der Waals surface area contributed by atoms with Crippen LogP contribution in [0, 0.1) is 0 Å². The van der Waals surface area contributed by atoms with E-state index >= 15 is 0 Å². The number of aromatic nitrogens is 3. The SMILES string of the molecule is CCCn1c(COC(C)C)nnc1S(N)(=O)=O. The van der Waals surface area contributed by atoms with Gasteiger partial charge in [0.2, 0.25) is 0 Å². The van der Waals surface area contributed by atoms with Crippen LogP contribution in [0.4, 0.5) is 0 Å². The third-order valence-corrected chi connectivity index (χ3v) is 2.85. The largest absolute Gasteiger partial charge is 0.371 e. The summed E-state index contributed by atoms with van der Waals surface area (Å²) in [4.78, 5) is 0. The van der Waals surface area contributed by atoms with Crippen molar-refractivity contribution in [2.24, 2.45) is 5.14 Å². The van der Waals surface area contributed by atoms with Crippen LogP contribution < -0.4 is 5.14 Å². The lowest BCUT2D eigenvalue weighted by molar-refractivity contribution is 0.0589. The second-order valence-corrected chi connectivity index (χ2v) is 5.41. The molecule has 0 aromatic carbocycles. The summed E-state index contributed by atoms with van der Waals surface area (Å²) in [5.74, 6) is 0.476. The van der Waals surface area contributed by atoms with E-state index in [4.69, 9.17) is 9.88 Å². The molecule has 0 unspecified atom stereocenters. The minimum atomic E-state index is -3.84. The van der Waals surface area contributed by atoms with Crippen LogP contribution in [0.15, 0.2) is 5.16 Å². The number of nitrogens with zero attached hydrogens (tertiary/aromatic N) is 3. The molecule has 0 fully saturated rings. The molecule has 0 bridgehead atoms. The maximum Gasteiger partial charge on any atom is 0.273 e. The van der Waals surface area contributed by atoms with Crippen molar-refractivity contribution in [2.75, 3.05) is 0 Å². The van der Waals surface area contributed by atoms with E-state index in [0.29, 0.717) is 12.4 Å². The van der Waals surface area contributed by atoms with Crippen LogP contribution in [-0.4, -0.2) is 29.3 Å². The zero-order chi connectivity index (χ0) is 13.1. The number of sulfonamides is 1. The topological polar surface area (TPSA) is 100 Å². The minimum absolute atomic E-state index is 0.0414. The van der Waals surface area contributed by atoms with Crippen LogP contribution >= 0.6 is 0 Å². The van der Waals surface area contributed by atoms with E-state index in [1.165, 1.54) is 4.57 Å². The Labute approximate surface area is 101 Å². The average molecular weight is 262 g/mol. The number of ether oxygens (including phenoxy) is 1. The molecule has 98 valence electrons. The Morgan fingerprint density at radius 1 is 1.41 bits per heavy atom. The Hall–Kier alpha value is -0.990. The first kappa shape index (κ1) is 14.1. The van der Waals surface area contributed by atoms with E-state index in [9.17, 15) is 8.42 Å². The first-order chi connectivity index (χ1) is 7.86. The van der Waals surface area contributed by atoms with E-state index in [1.54, 1.807) is 0 Å². The third kappa shape index (κ3) is 3.76. The number of hydrogen-bond donors (Lipinski definition) is 1. The van der Waals surface area contributed by atoms with Crippen molar-refractivity contribution in [3.63, 3.8) is 0 Å². The lowest BCUT2D eigenvalue weighted by atomic mass is 10.4. The fourth-order valence-electron chi connectivity index (χ4n) is 1.33. The highest BCUT2D eigenvalue weighted by molar-refractivity contribution is 7.89. The number of hydrogen-bond acceptors (Lipinski definition) is 5. The summed E-state index contributed by atoms with van der Waals surface area (Å²) in [6, 6.07) is 0. The first-order valence-corrected chi connectivity index (χ1v) is 6.97. The van der Waals surface area contributed by atoms with E-state index in [2.05, 4.69) is 10.2 Å². The van der Waals surface area contributed by atoms with Gasteiger partial charge in [-0.25, -0.2) is 13.6 Å². The molecule has 0 spiro atoms. The fraction of sp³-hybridized carbons (Fsp3) is 0.778. The standard InChI is InChI=1S/C9H18N4O3S/c1-4-5-13-8(6-16-7(2)3)11-12-9(13)17(10,14)15/h7H,4-6H2,1-3H3,(H2,10,14,15). The number of primary sulfonamides is 1. The smallest absolute Gasteiger partial charge is 0.273 e. The van der Waals surface area contributed by atoms with Gasteiger partial charge < -0.3 is 4.74 Å². The van der Waals surface area contributed by atoms with E-state index in [-0.39, 0.29) is 17.9 Å². The quantitative estimate of drug-likeness (QED) is 0.792. The molecular formula is C9H18N4O3S. The van der Waals surface area contributed by atoms with Crippen LogP contribution in [0.25, 0.3) is 0 Å². The van der Waals surface area contributed by atoms with Gasteiger partial charge in [0.05, 0.1) is 6.10 Å². The molecule has 0 aliphatic rings. The fourth-order valence-corrected chi connectivity index (χ4v) is 1.98. The van der Waals surface area contributed by atoms with Crippen molar-refractivity contribution in [3.05, 3.63) is 5.82 Å². The summed E-state index contributed by atoms with van der Waals surface area (Å²) in [6.07, 6.45) is 0.801. The van der Waals surface area contributed by atoms with Crippen LogP contribution in [0.3, 0.4) is 0 Å². The van der Waals surface area contributed by atoms with Crippen molar-refractivity contribution >= 4 is 10.0 Å². The normalized spacial score (nSPS) is 12.3. The molecule has 0 aliphatic heterocycles. The van der Waals surface area contributed by atoms with Crippen LogP contribution in [0.1, 0.15) is 33.0 Å². The molecule has 7 nitrogen and oxygen atoms in total. The molecule has 1 heterocycles. The molecule has 2 N–H and O–H groups in total. The molecule has 8 heteroatoms. The molecule has 0 amide bonds. The van der Waals surface area contributed by atoms with Gasteiger partial charge in [-0.2, -0.15) is 0 Å². The zero-order valence-electron chi connectivity index (χ0n) is 10.3. The predicted octanol–water partition coefficient (Wildman–Crippen LogP) is 0.260. The van der Waals surface area contributed by atoms with Gasteiger partial charge >= 0.3 is 0 Å². The second kappa shape index (κ2) is 5.56. The van der Waals surface area contributed by atoms with Gasteiger partial charge in [0.1, 0.15) is 6.61 Å². The van der Waals surface area contributed by atoms with Crippen LogP contribution in [0.2, 0.25) is 0 Å². The summed E-state index contributed by atoms with van der Waals surface area (Å²) in [5.41, 5.74) is 0.